The Morgan fingerprint density at radius 2 is 1.57 bits per heavy atom. The average Bonchev–Trinajstić information content (AvgIpc) is 2.50. The van der Waals surface area contributed by atoms with Crippen LogP contribution in [-0.4, -0.2) is 56.2 Å². The number of rotatable bonds is 10. The summed E-state index contributed by atoms with van der Waals surface area (Å²) < 4.78 is 9.56. The van der Waals surface area contributed by atoms with Gasteiger partial charge in [-0.1, -0.05) is 13.3 Å². The van der Waals surface area contributed by atoms with Crippen LogP contribution in [0.3, 0.4) is 0 Å². The molecule has 0 aromatic heterocycles. The highest BCUT2D eigenvalue weighted by Crippen LogP contribution is 2.05. The van der Waals surface area contributed by atoms with Crippen molar-refractivity contribution in [2.24, 2.45) is 0 Å². The summed E-state index contributed by atoms with van der Waals surface area (Å²) in [5.74, 6) is -0.597. The largest absolute Gasteiger partial charge is 0.450 e. The Balaban J connectivity index is 5.10. The van der Waals surface area contributed by atoms with Gasteiger partial charge in [0.25, 0.3) is 0 Å². The van der Waals surface area contributed by atoms with Gasteiger partial charge in [-0.2, -0.15) is 0 Å². The molecule has 0 aromatic carbocycles. The monoisotopic (exact) mass is 331 g/mol. The molecule has 3 amide bonds. The molecule has 2 atom stereocenters. The molecule has 0 spiro atoms. The first-order valence-corrected chi connectivity index (χ1v) is 7.57. The maximum Gasteiger partial charge on any atom is 0.407 e. The average molecular weight is 331 g/mol. The normalized spacial score (nSPS) is 12.5. The molecule has 23 heavy (non-hydrogen) atoms. The highest BCUT2D eigenvalue weighted by molar-refractivity contribution is 5.88. The molecule has 9 heteroatoms. The summed E-state index contributed by atoms with van der Waals surface area (Å²) in [5.41, 5.74) is 0. The molecule has 9 nitrogen and oxygen atoms in total. The van der Waals surface area contributed by atoms with Crippen LogP contribution in [0.2, 0.25) is 0 Å². The van der Waals surface area contributed by atoms with Gasteiger partial charge in [-0.15, -0.1) is 0 Å². The van der Waals surface area contributed by atoms with Gasteiger partial charge in [0, 0.05) is 0 Å². The van der Waals surface area contributed by atoms with Gasteiger partial charge < -0.3 is 30.2 Å². The molecule has 0 fully saturated rings. The van der Waals surface area contributed by atoms with Crippen molar-refractivity contribution < 1.29 is 28.7 Å². The second-order valence-corrected chi connectivity index (χ2v) is 4.51. The lowest BCUT2D eigenvalue weighted by Crippen LogP contribution is -2.59. The summed E-state index contributed by atoms with van der Waals surface area (Å²) in [7, 11) is 0. The molecule has 0 rings (SSSR count). The number of carbonyl (C=O) groups excluding carboxylic acids is 4. The van der Waals surface area contributed by atoms with Crippen LogP contribution in [0.5, 0.6) is 0 Å². The van der Waals surface area contributed by atoms with Crippen LogP contribution in [-0.2, 0) is 19.1 Å². The van der Waals surface area contributed by atoms with E-state index in [1.807, 2.05) is 6.92 Å². The Bertz CT molecular complexity index is 402. The smallest absolute Gasteiger partial charge is 0.407 e. The number of aldehydes is 1. The molecule has 0 saturated carbocycles. The van der Waals surface area contributed by atoms with Crippen LogP contribution in [0.1, 0.15) is 33.6 Å². The van der Waals surface area contributed by atoms with Gasteiger partial charge in [-0.05, 0) is 20.3 Å². The van der Waals surface area contributed by atoms with Crippen LogP contribution >= 0.6 is 0 Å². The summed E-state index contributed by atoms with van der Waals surface area (Å²) in [5, 5.41) is 7.30. The van der Waals surface area contributed by atoms with E-state index in [1.165, 1.54) is 0 Å². The van der Waals surface area contributed by atoms with Gasteiger partial charge in [0.15, 0.2) is 0 Å². The molecule has 0 aliphatic heterocycles. The van der Waals surface area contributed by atoms with Crippen molar-refractivity contribution in [2.75, 3.05) is 19.8 Å². The summed E-state index contributed by atoms with van der Waals surface area (Å²) in [6.45, 7) is 5.26. The molecule has 132 valence electrons. The number of carbonyl (C=O) groups is 4. The summed E-state index contributed by atoms with van der Waals surface area (Å²) in [6.07, 6.45) is 0.117. The van der Waals surface area contributed by atoms with E-state index in [9.17, 15) is 19.2 Å². The van der Waals surface area contributed by atoms with Gasteiger partial charge in [0.2, 0.25) is 5.91 Å². The Labute approximate surface area is 135 Å². The highest BCUT2D eigenvalue weighted by Gasteiger charge is 2.31. The van der Waals surface area contributed by atoms with Crippen molar-refractivity contribution in [2.45, 2.75) is 45.7 Å². The second kappa shape index (κ2) is 12.2. The fraction of sp³-hybridized carbons (Fsp3) is 0.714. The van der Waals surface area contributed by atoms with Crippen LogP contribution in [0, 0.1) is 0 Å². The third kappa shape index (κ3) is 8.64. The molecule has 0 aliphatic carbocycles. The molecule has 0 saturated heterocycles. The zero-order valence-corrected chi connectivity index (χ0v) is 13.7. The van der Waals surface area contributed by atoms with Crippen LogP contribution in [0.15, 0.2) is 0 Å². The summed E-state index contributed by atoms with van der Waals surface area (Å²) in [4.78, 5) is 45.8. The van der Waals surface area contributed by atoms with Crippen molar-refractivity contribution in [3.63, 3.8) is 0 Å². The maximum atomic E-state index is 12.2. The number of ether oxygens (including phenoxy) is 2. The number of hydrogen-bond acceptors (Lipinski definition) is 6. The number of hydrogen-bond donors (Lipinski definition) is 3. The van der Waals surface area contributed by atoms with Gasteiger partial charge in [-0.3, -0.25) is 4.79 Å². The molecule has 0 radical (unpaired) electrons. The third-order valence-corrected chi connectivity index (χ3v) is 2.77. The van der Waals surface area contributed by atoms with Gasteiger partial charge in [-0.25, -0.2) is 9.59 Å². The van der Waals surface area contributed by atoms with Crippen LogP contribution in [0.4, 0.5) is 9.59 Å². The standard InChI is InChI=1S/C14H25N3O6/c1-4-7-10(16-13(20)22-5-2)11(12(19)15-8-9-18)17-14(21)23-6-3/h9-11H,4-8H2,1-3H3,(H,15,19)(H,16,20)(H,17,21). The van der Waals surface area contributed by atoms with Gasteiger partial charge >= 0.3 is 12.2 Å². The van der Waals surface area contributed by atoms with E-state index in [0.29, 0.717) is 19.1 Å². The lowest BCUT2D eigenvalue weighted by Gasteiger charge is -2.27. The third-order valence-electron chi connectivity index (χ3n) is 2.77. The minimum Gasteiger partial charge on any atom is -0.450 e. The molecular formula is C14H25N3O6. The SMILES string of the molecule is CCCC(NC(=O)OCC)C(NC(=O)OCC)C(=O)NCC=O. The number of amides is 3. The Hall–Kier alpha value is -2.32. The Morgan fingerprint density at radius 1 is 1.00 bits per heavy atom. The molecule has 0 heterocycles. The Kier molecular flexibility index (Phi) is 11.0. The first-order chi connectivity index (χ1) is 11.0. The van der Waals surface area contributed by atoms with Crippen molar-refractivity contribution in [3.8, 4) is 0 Å². The molecule has 0 bridgehead atoms. The second-order valence-electron chi connectivity index (χ2n) is 4.51. The van der Waals surface area contributed by atoms with Crippen molar-refractivity contribution >= 4 is 24.4 Å². The van der Waals surface area contributed by atoms with E-state index in [4.69, 9.17) is 9.47 Å². The van der Waals surface area contributed by atoms with Crippen LogP contribution < -0.4 is 16.0 Å². The van der Waals surface area contributed by atoms with Crippen molar-refractivity contribution in [3.05, 3.63) is 0 Å². The molecule has 3 N–H and O–H groups in total. The first-order valence-electron chi connectivity index (χ1n) is 7.57. The highest BCUT2D eigenvalue weighted by atomic mass is 16.6. The van der Waals surface area contributed by atoms with Crippen molar-refractivity contribution in [1.29, 1.82) is 0 Å². The Morgan fingerprint density at radius 3 is 2.04 bits per heavy atom. The maximum absolute atomic E-state index is 12.2. The minimum absolute atomic E-state index is 0.137. The quantitative estimate of drug-likeness (QED) is 0.496. The van der Waals surface area contributed by atoms with E-state index >= 15 is 0 Å². The lowest BCUT2D eigenvalue weighted by molar-refractivity contribution is -0.125. The van der Waals surface area contributed by atoms with E-state index in [-0.39, 0.29) is 19.8 Å². The van der Waals surface area contributed by atoms with E-state index < -0.39 is 30.2 Å². The van der Waals surface area contributed by atoms with E-state index in [1.54, 1.807) is 13.8 Å². The minimum atomic E-state index is -1.08. The fourth-order valence-corrected chi connectivity index (χ4v) is 1.86. The topological polar surface area (TPSA) is 123 Å². The van der Waals surface area contributed by atoms with E-state index in [2.05, 4.69) is 16.0 Å². The zero-order valence-electron chi connectivity index (χ0n) is 13.7. The lowest BCUT2D eigenvalue weighted by atomic mass is 10.0. The van der Waals surface area contributed by atoms with Gasteiger partial charge in [0.05, 0.1) is 25.8 Å². The number of nitrogens with one attached hydrogen (secondary N) is 3. The molecule has 2 unspecified atom stereocenters. The van der Waals surface area contributed by atoms with E-state index in [0.717, 1.165) is 0 Å². The predicted octanol–water partition coefficient (Wildman–Crippen LogP) is 0.331. The first kappa shape index (κ1) is 20.7. The predicted molar refractivity (Wildman–Crippen MR) is 81.9 cm³/mol. The van der Waals surface area contributed by atoms with Crippen LogP contribution in [0.25, 0.3) is 0 Å². The van der Waals surface area contributed by atoms with Gasteiger partial charge in [0.1, 0.15) is 12.3 Å². The zero-order chi connectivity index (χ0) is 17.7. The summed E-state index contributed by atoms with van der Waals surface area (Å²) in [6, 6.07) is -1.78. The molecule has 0 aromatic rings. The summed E-state index contributed by atoms with van der Waals surface area (Å²) >= 11 is 0. The number of alkyl carbamates (subject to hydrolysis) is 2. The molecular weight excluding hydrogens is 306 g/mol. The van der Waals surface area contributed by atoms with Crippen molar-refractivity contribution in [1.82, 2.24) is 16.0 Å². The fourth-order valence-electron chi connectivity index (χ4n) is 1.86. The molecule has 0 aliphatic rings.